The molecule has 1 aliphatic rings. The van der Waals surface area contributed by atoms with Gasteiger partial charge in [0.1, 0.15) is 0 Å². The van der Waals surface area contributed by atoms with E-state index < -0.39 is 0 Å². The van der Waals surface area contributed by atoms with Crippen LogP contribution in [-0.2, 0) is 0 Å². The Morgan fingerprint density at radius 1 is 1.20 bits per heavy atom. The average molecular weight is 315 g/mol. The van der Waals surface area contributed by atoms with E-state index in [1.54, 1.807) is 0 Å². The lowest BCUT2D eigenvalue weighted by atomic mass is 9.82. The van der Waals surface area contributed by atoms with Crippen LogP contribution in [0.3, 0.4) is 0 Å². The smallest absolute Gasteiger partial charge is 0.0640 e. The fourth-order valence-corrected chi connectivity index (χ4v) is 4.14. The van der Waals surface area contributed by atoms with Crippen LogP contribution in [0.4, 0.5) is 0 Å². The molecule has 0 amide bonds. The number of hydrogen-bond donors (Lipinski definition) is 1. The van der Waals surface area contributed by atoms with E-state index in [9.17, 15) is 0 Å². The summed E-state index contributed by atoms with van der Waals surface area (Å²) in [6, 6.07) is 5.69. The molecule has 2 nitrogen and oxygen atoms in total. The molecule has 2 N–H and O–H groups in total. The largest absolute Gasteiger partial charge is 0.322 e. The van der Waals surface area contributed by atoms with E-state index in [-0.39, 0.29) is 11.6 Å². The Kier molecular flexibility index (Phi) is 5.36. The predicted molar refractivity (Wildman–Crippen MR) is 87.5 cm³/mol. The van der Waals surface area contributed by atoms with Gasteiger partial charge in [0.2, 0.25) is 0 Å². The highest BCUT2D eigenvalue weighted by atomic mass is 35.5. The zero-order valence-corrected chi connectivity index (χ0v) is 13.8. The van der Waals surface area contributed by atoms with Crippen molar-refractivity contribution in [3.63, 3.8) is 0 Å². The van der Waals surface area contributed by atoms with Crippen LogP contribution in [0.15, 0.2) is 18.2 Å². The molecule has 0 aromatic heterocycles. The van der Waals surface area contributed by atoms with Crippen LogP contribution in [0.2, 0.25) is 10.0 Å². The van der Waals surface area contributed by atoms with Crippen molar-refractivity contribution in [2.45, 2.75) is 51.1 Å². The van der Waals surface area contributed by atoms with Crippen LogP contribution in [0.1, 0.15) is 51.1 Å². The number of nitrogens with two attached hydrogens (primary N) is 1. The summed E-state index contributed by atoms with van der Waals surface area (Å²) in [5, 5.41) is 1.20. The second kappa shape index (κ2) is 6.65. The average Bonchev–Trinajstić information content (AvgIpc) is 2.93. The molecule has 20 heavy (non-hydrogen) atoms. The number of benzene rings is 1. The first-order valence-corrected chi connectivity index (χ1v) is 8.27. The SMILES string of the molecule is CCN(CC)C1(C(N)c2cccc(Cl)c2Cl)CCCC1. The van der Waals surface area contributed by atoms with E-state index in [2.05, 4.69) is 18.7 Å². The molecular weight excluding hydrogens is 291 g/mol. The van der Waals surface area contributed by atoms with E-state index in [4.69, 9.17) is 28.9 Å². The van der Waals surface area contributed by atoms with Crippen molar-refractivity contribution in [2.75, 3.05) is 13.1 Å². The molecule has 1 aromatic carbocycles. The molecule has 0 spiro atoms. The standard InChI is InChI=1S/C16H24Cl2N2/c1-3-20(4-2)16(10-5-6-11-16)15(19)12-8-7-9-13(17)14(12)18/h7-9,15H,3-6,10-11,19H2,1-2H3. The van der Waals surface area contributed by atoms with Crippen molar-refractivity contribution in [1.29, 1.82) is 0 Å². The third kappa shape index (κ3) is 2.71. The zero-order valence-electron chi connectivity index (χ0n) is 12.3. The van der Waals surface area contributed by atoms with Crippen LogP contribution < -0.4 is 5.73 Å². The Hall–Kier alpha value is -0.280. The minimum atomic E-state index is -0.0869. The first kappa shape index (κ1) is 16.1. The summed E-state index contributed by atoms with van der Waals surface area (Å²) < 4.78 is 0. The molecule has 2 rings (SSSR count). The van der Waals surface area contributed by atoms with Gasteiger partial charge in [-0.2, -0.15) is 0 Å². The normalized spacial score (nSPS) is 19.5. The zero-order chi connectivity index (χ0) is 14.8. The summed E-state index contributed by atoms with van der Waals surface area (Å²) in [5.74, 6) is 0. The number of halogens is 2. The summed E-state index contributed by atoms with van der Waals surface area (Å²) >= 11 is 12.5. The van der Waals surface area contributed by atoms with Gasteiger partial charge >= 0.3 is 0 Å². The van der Waals surface area contributed by atoms with Crippen molar-refractivity contribution in [3.8, 4) is 0 Å². The highest BCUT2D eigenvalue weighted by molar-refractivity contribution is 6.42. The first-order valence-electron chi connectivity index (χ1n) is 7.51. The van der Waals surface area contributed by atoms with E-state index in [0.717, 1.165) is 31.5 Å². The van der Waals surface area contributed by atoms with Crippen molar-refractivity contribution in [1.82, 2.24) is 4.90 Å². The molecule has 4 heteroatoms. The molecule has 0 aliphatic heterocycles. The van der Waals surface area contributed by atoms with Gasteiger partial charge in [0, 0.05) is 11.6 Å². The van der Waals surface area contributed by atoms with E-state index in [1.165, 1.54) is 12.8 Å². The molecule has 0 radical (unpaired) electrons. The Morgan fingerprint density at radius 2 is 1.80 bits per heavy atom. The van der Waals surface area contributed by atoms with Gasteiger partial charge in [-0.3, -0.25) is 4.90 Å². The highest BCUT2D eigenvalue weighted by Gasteiger charge is 2.44. The molecule has 1 fully saturated rings. The quantitative estimate of drug-likeness (QED) is 0.857. The van der Waals surface area contributed by atoms with Gasteiger partial charge in [0.05, 0.1) is 10.0 Å². The number of hydrogen-bond acceptors (Lipinski definition) is 2. The minimum absolute atomic E-state index is 0.0256. The fourth-order valence-electron chi connectivity index (χ4n) is 3.71. The summed E-state index contributed by atoms with van der Waals surface area (Å²) in [6.45, 7) is 6.44. The van der Waals surface area contributed by atoms with Crippen molar-refractivity contribution >= 4 is 23.2 Å². The van der Waals surface area contributed by atoms with E-state index in [1.807, 2.05) is 18.2 Å². The molecule has 1 saturated carbocycles. The van der Waals surface area contributed by atoms with Crippen molar-refractivity contribution in [2.24, 2.45) is 5.73 Å². The Balaban J connectivity index is 2.41. The molecule has 1 aliphatic carbocycles. The summed E-state index contributed by atoms with van der Waals surface area (Å²) in [4.78, 5) is 2.50. The lowest BCUT2D eigenvalue weighted by molar-refractivity contribution is 0.0770. The lowest BCUT2D eigenvalue weighted by Gasteiger charge is -2.45. The molecule has 1 atom stereocenters. The predicted octanol–water partition coefficient (Wildman–Crippen LogP) is 4.65. The monoisotopic (exact) mass is 314 g/mol. The van der Waals surface area contributed by atoms with Crippen LogP contribution in [0.25, 0.3) is 0 Å². The Morgan fingerprint density at radius 3 is 2.35 bits per heavy atom. The van der Waals surface area contributed by atoms with Gasteiger partial charge in [-0.1, -0.05) is 62.0 Å². The van der Waals surface area contributed by atoms with E-state index >= 15 is 0 Å². The molecule has 0 heterocycles. The fraction of sp³-hybridized carbons (Fsp3) is 0.625. The maximum Gasteiger partial charge on any atom is 0.0640 e. The Bertz CT molecular complexity index is 452. The Labute approximate surface area is 132 Å². The van der Waals surface area contributed by atoms with E-state index in [0.29, 0.717) is 10.0 Å². The molecule has 0 bridgehead atoms. The summed E-state index contributed by atoms with van der Waals surface area (Å²) in [6.07, 6.45) is 4.75. The third-order valence-electron chi connectivity index (χ3n) is 4.76. The number of nitrogens with zero attached hydrogens (tertiary/aromatic N) is 1. The van der Waals surface area contributed by atoms with Gasteiger partial charge in [-0.05, 0) is 37.6 Å². The number of rotatable bonds is 5. The van der Waals surface area contributed by atoms with Gasteiger partial charge in [-0.25, -0.2) is 0 Å². The molecule has 1 unspecified atom stereocenters. The highest BCUT2D eigenvalue weighted by Crippen LogP contribution is 2.45. The summed E-state index contributed by atoms with van der Waals surface area (Å²) in [5.41, 5.74) is 7.68. The first-order chi connectivity index (χ1) is 9.56. The topological polar surface area (TPSA) is 29.3 Å². The van der Waals surface area contributed by atoms with Crippen molar-refractivity contribution in [3.05, 3.63) is 33.8 Å². The number of likely N-dealkylation sites (N-methyl/N-ethyl adjacent to an activating group) is 1. The van der Waals surface area contributed by atoms with Crippen LogP contribution in [-0.4, -0.2) is 23.5 Å². The molecule has 0 saturated heterocycles. The van der Waals surface area contributed by atoms with Gasteiger partial charge in [0.15, 0.2) is 0 Å². The van der Waals surface area contributed by atoms with Crippen LogP contribution in [0, 0.1) is 0 Å². The maximum absolute atomic E-state index is 6.67. The second-order valence-electron chi connectivity index (χ2n) is 5.60. The third-order valence-corrected chi connectivity index (χ3v) is 5.59. The maximum atomic E-state index is 6.67. The van der Waals surface area contributed by atoms with Crippen molar-refractivity contribution < 1.29 is 0 Å². The van der Waals surface area contributed by atoms with Crippen LogP contribution >= 0.6 is 23.2 Å². The molecule has 112 valence electrons. The molecular formula is C16H24Cl2N2. The second-order valence-corrected chi connectivity index (χ2v) is 6.39. The van der Waals surface area contributed by atoms with Gasteiger partial charge in [0.25, 0.3) is 0 Å². The minimum Gasteiger partial charge on any atom is -0.322 e. The van der Waals surface area contributed by atoms with Gasteiger partial charge < -0.3 is 5.73 Å². The lowest BCUT2D eigenvalue weighted by Crippen LogP contribution is -2.53. The summed E-state index contributed by atoms with van der Waals surface area (Å²) in [7, 11) is 0. The molecule has 1 aromatic rings. The van der Waals surface area contributed by atoms with Crippen LogP contribution in [0.5, 0.6) is 0 Å². The van der Waals surface area contributed by atoms with Gasteiger partial charge in [-0.15, -0.1) is 0 Å².